The molecule has 0 atom stereocenters. The van der Waals surface area contributed by atoms with Crippen molar-refractivity contribution in [1.82, 2.24) is 4.57 Å². The van der Waals surface area contributed by atoms with Crippen LogP contribution in [0, 0.1) is 6.92 Å². The summed E-state index contributed by atoms with van der Waals surface area (Å²) in [6.45, 7) is 1.79. The molecular weight excluding hydrogens is 384 g/mol. The van der Waals surface area contributed by atoms with Crippen molar-refractivity contribution in [3.05, 3.63) is 68.2 Å². The van der Waals surface area contributed by atoms with Gasteiger partial charge in [0.2, 0.25) is 5.76 Å². The molecule has 0 aliphatic carbocycles. The summed E-state index contributed by atoms with van der Waals surface area (Å²) in [5.74, 6) is 0.162. The Morgan fingerprint density at radius 1 is 1.14 bits per heavy atom. The normalized spacial score (nSPS) is 10.5. The van der Waals surface area contributed by atoms with Gasteiger partial charge in [-0.15, -0.1) is 0 Å². The first-order chi connectivity index (χ1) is 13.4. The van der Waals surface area contributed by atoms with Crippen LogP contribution < -0.4 is 14.9 Å². The molecule has 1 N–H and O–H groups in total. The number of anilines is 1. The van der Waals surface area contributed by atoms with Crippen molar-refractivity contribution < 1.29 is 23.5 Å². The van der Waals surface area contributed by atoms with Crippen LogP contribution in [0.3, 0.4) is 0 Å². The maximum absolute atomic E-state index is 12.6. The summed E-state index contributed by atoms with van der Waals surface area (Å²) in [6, 6.07) is 9.95. The zero-order chi connectivity index (χ0) is 20.3. The monoisotopic (exact) mass is 402 g/mol. The number of ether oxygens (including phenoxy) is 2. The third-order valence-electron chi connectivity index (χ3n) is 4.06. The van der Waals surface area contributed by atoms with Crippen LogP contribution in [0.5, 0.6) is 5.75 Å². The fraction of sp³-hybridized carbons (Fsp3) is 0.211. The molecule has 1 amide bonds. The number of nitrogens with one attached hydrogen (secondary N) is 1. The SMILES string of the molecule is COC(=O)c1ccc(Cn2c(C)c(C(=O)Nc3ccc(OC)cc3)sc2=O)o1. The summed E-state index contributed by atoms with van der Waals surface area (Å²) >= 11 is 0.850. The Labute approximate surface area is 164 Å². The van der Waals surface area contributed by atoms with Crippen LogP contribution in [0.1, 0.15) is 31.7 Å². The van der Waals surface area contributed by atoms with E-state index in [1.165, 1.54) is 17.7 Å². The van der Waals surface area contributed by atoms with E-state index in [9.17, 15) is 14.4 Å². The summed E-state index contributed by atoms with van der Waals surface area (Å²) in [7, 11) is 2.82. The minimum absolute atomic E-state index is 0.0518. The molecule has 0 unspecified atom stereocenters. The second-order valence-corrected chi connectivity index (χ2v) is 6.77. The van der Waals surface area contributed by atoms with E-state index in [2.05, 4.69) is 10.1 Å². The molecular formula is C19H18N2O6S. The summed E-state index contributed by atoms with van der Waals surface area (Å²) in [4.78, 5) is 36.4. The van der Waals surface area contributed by atoms with Crippen molar-refractivity contribution in [1.29, 1.82) is 0 Å². The molecule has 0 saturated carbocycles. The molecule has 0 radical (unpaired) electrons. The van der Waals surface area contributed by atoms with Crippen molar-refractivity contribution in [2.24, 2.45) is 0 Å². The predicted octanol–water partition coefficient (Wildman–Crippen LogP) is 2.91. The number of furan rings is 1. The number of benzene rings is 1. The zero-order valence-corrected chi connectivity index (χ0v) is 16.3. The largest absolute Gasteiger partial charge is 0.497 e. The number of esters is 1. The average molecular weight is 402 g/mol. The highest BCUT2D eigenvalue weighted by atomic mass is 32.1. The highest BCUT2D eigenvalue weighted by molar-refractivity contribution is 7.11. The van der Waals surface area contributed by atoms with Gasteiger partial charge in [-0.1, -0.05) is 11.3 Å². The Hall–Kier alpha value is -3.33. The molecule has 28 heavy (non-hydrogen) atoms. The highest BCUT2D eigenvalue weighted by Crippen LogP contribution is 2.19. The van der Waals surface area contributed by atoms with E-state index in [0.29, 0.717) is 27.8 Å². The van der Waals surface area contributed by atoms with Crippen molar-refractivity contribution in [2.75, 3.05) is 19.5 Å². The van der Waals surface area contributed by atoms with E-state index in [1.807, 2.05) is 0 Å². The number of thiazole rings is 1. The number of hydrogen-bond acceptors (Lipinski definition) is 7. The lowest BCUT2D eigenvalue weighted by Gasteiger charge is -2.06. The van der Waals surface area contributed by atoms with Gasteiger partial charge < -0.3 is 19.2 Å². The van der Waals surface area contributed by atoms with Gasteiger partial charge in [0.05, 0.1) is 20.8 Å². The molecule has 0 bridgehead atoms. The zero-order valence-electron chi connectivity index (χ0n) is 15.5. The quantitative estimate of drug-likeness (QED) is 0.637. The number of methoxy groups -OCH3 is 2. The second-order valence-electron chi connectivity index (χ2n) is 5.81. The van der Waals surface area contributed by atoms with Gasteiger partial charge >= 0.3 is 10.8 Å². The van der Waals surface area contributed by atoms with E-state index >= 15 is 0 Å². The van der Waals surface area contributed by atoms with Crippen molar-refractivity contribution in [3.63, 3.8) is 0 Å². The van der Waals surface area contributed by atoms with E-state index in [1.54, 1.807) is 44.4 Å². The van der Waals surface area contributed by atoms with Crippen LogP contribution in [0.25, 0.3) is 0 Å². The van der Waals surface area contributed by atoms with Crippen LogP contribution in [-0.2, 0) is 11.3 Å². The van der Waals surface area contributed by atoms with Gasteiger partial charge in [0.1, 0.15) is 16.4 Å². The second kappa shape index (κ2) is 8.13. The third kappa shape index (κ3) is 3.99. The molecule has 0 spiro atoms. The van der Waals surface area contributed by atoms with Crippen molar-refractivity contribution in [3.8, 4) is 5.75 Å². The first kappa shape index (κ1) is 19.4. The lowest BCUT2D eigenvalue weighted by atomic mass is 10.3. The van der Waals surface area contributed by atoms with Gasteiger partial charge in [-0.25, -0.2) is 4.79 Å². The van der Waals surface area contributed by atoms with Crippen LogP contribution >= 0.6 is 11.3 Å². The van der Waals surface area contributed by atoms with Gasteiger partial charge in [0.25, 0.3) is 5.91 Å². The van der Waals surface area contributed by atoms with Gasteiger partial charge in [-0.2, -0.15) is 0 Å². The van der Waals surface area contributed by atoms with Crippen LogP contribution in [0.4, 0.5) is 5.69 Å². The van der Waals surface area contributed by atoms with E-state index < -0.39 is 5.97 Å². The van der Waals surface area contributed by atoms with Gasteiger partial charge in [-0.05, 0) is 43.3 Å². The smallest absolute Gasteiger partial charge is 0.373 e. The minimum atomic E-state index is -0.597. The number of amides is 1. The molecule has 0 saturated heterocycles. The van der Waals surface area contributed by atoms with E-state index in [0.717, 1.165) is 11.3 Å². The van der Waals surface area contributed by atoms with Gasteiger partial charge in [0.15, 0.2) is 0 Å². The summed E-state index contributed by atoms with van der Waals surface area (Å²) in [6.07, 6.45) is 0. The van der Waals surface area contributed by atoms with Gasteiger partial charge in [-0.3, -0.25) is 14.2 Å². The molecule has 3 aromatic rings. The molecule has 9 heteroatoms. The predicted molar refractivity (Wildman–Crippen MR) is 103 cm³/mol. The number of hydrogen-bond donors (Lipinski definition) is 1. The summed E-state index contributed by atoms with van der Waals surface area (Å²) in [5.41, 5.74) is 1.10. The first-order valence-corrected chi connectivity index (χ1v) is 9.07. The van der Waals surface area contributed by atoms with Crippen LogP contribution in [0.15, 0.2) is 45.6 Å². The molecule has 2 heterocycles. The average Bonchev–Trinajstić information content (AvgIpc) is 3.28. The third-order valence-corrected chi connectivity index (χ3v) is 5.14. The molecule has 0 fully saturated rings. The first-order valence-electron chi connectivity index (χ1n) is 8.25. The Kier molecular flexibility index (Phi) is 5.65. The number of nitrogens with zero attached hydrogens (tertiary/aromatic N) is 1. The number of rotatable bonds is 6. The highest BCUT2D eigenvalue weighted by Gasteiger charge is 2.19. The Morgan fingerprint density at radius 3 is 2.50 bits per heavy atom. The van der Waals surface area contributed by atoms with Crippen LogP contribution in [-0.4, -0.2) is 30.7 Å². The fourth-order valence-corrected chi connectivity index (χ4v) is 3.45. The van der Waals surface area contributed by atoms with E-state index in [4.69, 9.17) is 9.15 Å². The lowest BCUT2D eigenvalue weighted by Crippen LogP contribution is -2.16. The summed E-state index contributed by atoms with van der Waals surface area (Å²) < 4.78 is 16.5. The molecule has 146 valence electrons. The minimum Gasteiger partial charge on any atom is -0.497 e. The molecule has 8 nitrogen and oxygen atoms in total. The molecule has 0 aliphatic heterocycles. The van der Waals surface area contributed by atoms with Gasteiger partial charge in [0, 0.05) is 11.4 Å². The summed E-state index contributed by atoms with van der Waals surface area (Å²) in [5, 5.41) is 2.76. The fourth-order valence-electron chi connectivity index (χ4n) is 2.56. The topological polar surface area (TPSA) is 99.8 Å². The molecule has 0 aliphatic rings. The number of carbonyl (C=O) groups is 2. The Morgan fingerprint density at radius 2 is 1.86 bits per heavy atom. The van der Waals surface area contributed by atoms with E-state index in [-0.39, 0.29) is 23.1 Å². The number of carbonyl (C=O) groups excluding carboxylic acids is 2. The lowest BCUT2D eigenvalue weighted by molar-refractivity contribution is 0.0562. The standard InChI is InChI=1S/C19H18N2O6S/c1-11-16(17(22)20-12-4-6-13(25-2)7-5-12)28-19(24)21(11)10-14-8-9-15(27-14)18(23)26-3/h4-9H,10H2,1-3H3,(H,20,22). The number of aromatic nitrogens is 1. The molecule has 3 rings (SSSR count). The Balaban J connectivity index is 1.78. The molecule has 2 aromatic heterocycles. The maximum atomic E-state index is 12.6. The Bertz CT molecular complexity index is 1060. The van der Waals surface area contributed by atoms with Crippen molar-refractivity contribution >= 4 is 28.9 Å². The van der Waals surface area contributed by atoms with Crippen LogP contribution in [0.2, 0.25) is 0 Å². The molecule has 1 aromatic carbocycles. The van der Waals surface area contributed by atoms with Crippen molar-refractivity contribution in [2.45, 2.75) is 13.5 Å². The maximum Gasteiger partial charge on any atom is 0.373 e.